The Morgan fingerprint density at radius 1 is 0.906 bits per heavy atom. The molecule has 7 nitrogen and oxygen atoms in total. The number of methoxy groups -OCH3 is 2. The van der Waals surface area contributed by atoms with Gasteiger partial charge in [-0.1, -0.05) is 30.3 Å². The molecule has 0 amide bonds. The second-order valence-electron chi connectivity index (χ2n) is 7.26. The highest BCUT2D eigenvalue weighted by molar-refractivity contribution is 6.09. The van der Waals surface area contributed by atoms with Crippen molar-refractivity contribution in [3.63, 3.8) is 0 Å². The van der Waals surface area contributed by atoms with Gasteiger partial charge in [0.25, 0.3) is 0 Å². The number of aromatic carboxylic acids is 1. The molecule has 0 atom stereocenters. The number of carboxylic acids is 1. The highest BCUT2D eigenvalue weighted by atomic mass is 16.5. The first-order valence-electron chi connectivity index (χ1n) is 10.1. The first kappa shape index (κ1) is 21.1. The van der Waals surface area contributed by atoms with Crippen molar-refractivity contribution < 1.29 is 24.2 Å². The Morgan fingerprint density at radius 3 is 2.22 bits per heavy atom. The van der Waals surface area contributed by atoms with E-state index in [4.69, 9.17) is 9.47 Å². The fourth-order valence-electron chi connectivity index (χ4n) is 3.62. The van der Waals surface area contributed by atoms with Crippen LogP contribution in [0.5, 0.6) is 11.5 Å². The molecule has 32 heavy (non-hydrogen) atoms. The molecule has 0 aliphatic carbocycles. The smallest absolute Gasteiger partial charge is 0.335 e. The number of imidazole rings is 1. The van der Waals surface area contributed by atoms with Gasteiger partial charge in [-0.2, -0.15) is 0 Å². The number of carbonyl (C=O) groups is 2. The highest BCUT2D eigenvalue weighted by Gasteiger charge is 2.21. The normalized spacial score (nSPS) is 10.8. The van der Waals surface area contributed by atoms with E-state index in [9.17, 15) is 14.7 Å². The van der Waals surface area contributed by atoms with E-state index in [0.717, 1.165) is 5.56 Å². The van der Waals surface area contributed by atoms with Crippen molar-refractivity contribution in [3.05, 3.63) is 89.2 Å². The summed E-state index contributed by atoms with van der Waals surface area (Å²) < 4.78 is 12.4. The van der Waals surface area contributed by atoms with Gasteiger partial charge in [-0.15, -0.1) is 0 Å². The third kappa shape index (κ3) is 4.18. The molecule has 162 valence electrons. The van der Waals surface area contributed by atoms with Crippen LogP contribution in [-0.4, -0.2) is 40.6 Å². The molecule has 0 fully saturated rings. The first-order valence-corrected chi connectivity index (χ1v) is 10.1. The summed E-state index contributed by atoms with van der Waals surface area (Å²) in [5.41, 5.74) is 2.77. The average Bonchev–Trinajstić information content (AvgIpc) is 3.20. The van der Waals surface area contributed by atoms with Crippen molar-refractivity contribution in [2.45, 2.75) is 13.0 Å². The number of carbonyl (C=O) groups excluding carboxylic acids is 1. The number of aryl methyl sites for hydroxylation is 2. The second-order valence-corrected chi connectivity index (χ2v) is 7.26. The quantitative estimate of drug-likeness (QED) is 0.421. The standard InChI is InChI=1S/C25H22N2O5/c1-31-19-12-18(13-20(15-19)32-2)23(28)24-26-21-14-17(25(29)30)8-9-22(21)27(24)11-10-16-6-4-3-5-7-16/h3-9,12-15H,10-11H2,1-2H3,(H,29,30). The third-order valence-corrected chi connectivity index (χ3v) is 5.28. The highest BCUT2D eigenvalue weighted by Crippen LogP contribution is 2.26. The predicted molar refractivity (Wildman–Crippen MR) is 120 cm³/mol. The first-order chi connectivity index (χ1) is 15.5. The topological polar surface area (TPSA) is 90.7 Å². The molecular formula is C25H22N2O5. The molecule has 0 saturated carbocycles. The summed E-state index contributed by atoms with van der Waals surface area (Å²) in [5, 5.41) is 9.35. The molecule has 0 aliphatic rings. The van der Waals surface area contributed by atoms with E-state index < -0.39 is 5.97 Å². The van der Waals surface area contributed by atoms with Crippen molar-refractivity contribution in [1.82, 2.24) is 9.55 Å². The lowest BCUT2D eigenvalue weighted by atomic mass is 10.1. The molecule has 0 bridgehead atoms. The number of nitrogens with zero attached hydrogens (tertiary/aromatic N) is 2. The van der Waals surface area contributed by atoms with Crippen molar-refractivity contribution >= 4 is 22.8 Å². The van der Waals surface area contributed by atoms with E-state index in [0.29, 0.717) is 41.1 Å². The third-order valence-electron chi connectivity index (χ3n) is 5.28. The fourth-order valence-corrected chi connectivity index (χ4v) is 3.62. The number of rotatable bonds is 8. The SMILES string of the molecule is COc1cc(OC)cc(C(=O)c2nc3cc(C(=O)O)ccc3n2CCc2ccccc2)c1. The molecule has 0 saturated heterocycles. The minimum atomic E-state index is -1.05. The van der Waals surface area contributed by atoms with Gasteiger partial charge in [-0.25, -0.2) is 9.78 Å². The summed E-state index contributed by atoms with van der Waals surface area (Å²) >= 11 is 0. The van der Waals surface area contributed by atoms with E-state index in [1.165, 1.54) is 26.4 Å². The van der Waals surface area contributed by atoms with Crippen LogP contribution < -0.4 is 9.47 Å². The summed E-state index contributed by atoms with van der Waals surface area (Å²) in [4.78, 5) is 29.4. The van der Waals surface area contributed by atoms with Gasteiger partial charge >= 0.3 is 5.97 Å². The maximum atomic E-state index is 13.5. The number of hydrogen-bond donors (Lipinski definition) is 1. The Hall–Kier alpha value is -4.13. The van der Waals surface area contributed by atoms with Crippen LogP contribution in [0.3, 0.4) is 0 Å². The lowest BCUT2D eigenvalue weighted by molar-refractivity contribution is 0.0697. The van der Waals surface area contributed by atoms with Gasteiger partial charge in [0, 0.05) is 18.2 Å². The lowest BCUT2D eigenvalue weighted by Crippen LogP contribution is -2.13. The van der Waals surface area contributed by atoms with E-state index >= 15 is 0 Å². The molecule has 3 aromatic carbocycles. The summed E-state index contributed by atoms with van der Waals surface area (Å²) in [7, 11) is 3.04. The van der Waals surface area contributed by atoms with E-state index in [2.05, 4.69) is 4.98 Å². The minimum Gasteiger partial charge on any atom is -0.497 e. The molecule has 1 aromatic heterocycles. The molecule has 1 heterocycles. The van der Waals surface area contributed by atoms with Crippen LogP contribution >= 0.6 is 0 Å². The van der Waals surface area contributed by atoms with Crippen molar-refractivity contribution in [3.8, 4) is 11.5 Å². The molecule has 4 aromatic rings. The number of fused-ring (bicyclic) bond motifs is 1. The van der Waals surface area contributed by atoms with Gasteiger partial charge < -0.3 is 19.1 Å². The Bertz CT molecular complexity index is 1270. The van der Waals surface area contributed by atoms with Crippen LogP contribution in [0.15, 0.2) is 66.7 Å². The average molecular weight is 430 g/mol. The predicted octanol–water partition coefficient (Wildman–Crippen LogP) is 4.23. The largest absolute Gasteiger partial charge is 0.497 e. The van der Waals surface area contributed by atoms with Gasteiger partial charge in [-0.3, -0.25) is 4.79 Å². The zero-order valence-corrected chi connectivity index (χ0v) is 17.7. The Labute approximate surface area is 184 Å². The minimum absolute atomic E-state index is 0.118. The van der Waals surface area contributed by atoms with Gasteiger partial charge in [0.2, 0.25) is 5.78 Å². The number of ketones is 1. The van der Waals surface area contributed by atoms with Crippen LogP contribution in [0.4, 0.5) is 0 Å². The van der Waals surface area contributed by atoms with E-state index in [1.54, 1.807) is 24.3 Å². The van der Waals surface area contributed by atoms with E-state index in [-0.39, 0.29) is 17.2 Å². The van der Waals surface area contributed by atoms with Crippen LogP contribution in [-0.2, 0) is 13.0 Å². The number of benzene rings is 3. The summed E-state index contributed by atoms with van der Waals surface area (Å²) in [6.07, 6.45) is 0.689. The molecular weight excluding hydrogens is 408 g/mol. The molecule has 4 rings (SSSR count). The molecule has 7 heteroatoms. The van der Waals surface area contributed by atoms with Crippen LogP contribution in [0.2, 0.25) is 0 Å². The summed E-state index contributed by atoms with van der Waals surface area (Å²) in [6.45, 7) is 0.509. The summed E-state index contributed by atoms with van der Waals surface area (Å²) in [5.74, 6) is -0.131. The van der Waals surface area contributed by atoms with Gasteiger partial charge in [0.05, 0.1) is 30.8 Å². The molecule has 1 N–H and O–H groups in total. The maximum Gasteiger partial charge on any atom is 0.335 e. The summed E-state index contributed by atoms with van der Waals surface area (Å²) in [6, 6.07) is 19.6. The van der Waals surface area contributed by atoms with Gasteiger partial charge in [0.1, 0.15) is 11.5 Å². The van der Waals surface area contributed by atoms with Crippen molar-refractivity contribution in [2.24, 2.45) is 0 Å². The van der Waals surface area contributed by atoms with Gasteiger partial charge in [0.15, 0.2) is 5.82 Å². The Kier molecular flexibility index (Phi) is 5.89. The Morgan fingerprint density at radius 2 is 1.59 bits per heavy atom. The molecule has 0 radical (unpaired) electrons. The van der Waals surface area contributed by atoms with Crippen molar-refractivity contribution in [2.75, 3.05) is 14.2 Å². The zero-order valence-electron chi connectivity index (χ0n) is 17.7. The lowest BCUT2D eigenvalue weighted by Gasteiger charge is -2.11. The molecule has 0 spiro atoms. The number of ether oxygens (including phenoxy) is 2. The number of hydrogen-bond acceptors (Lipinski definition) is 5. The van der Waals surface area contributed by atoms with Crippen molar-refractivity contribution in [1.29, 1.82) is 0 Å². The van der Waals surface area contributed by atoms with Crippen LogP contribution in [0, 0.1) is 0 Å². The molecule has 0 unspecified atom stereocenters. The number of carboxylic acid groups (broad SMARTS) is 1. The zero-order chi connectivity index (χ0) is 22.7. The Balaban J connectivity index is 1.81. The van der Waals surface area contributed by atoms with Gasteiger partial charge in [-0.05, 0) is 42.3 Å². The van der Waals surface area contributed by atoms with Crippen LogP contribution in [0.25, 0.3) is 11.0 Å². The van der Waals surface area contributed by atoms with Crippen LogP contribution in [0.1, 0.15) is 32.1 Å². The fraction of sp³-hybridized carbons (Fsp3) is 0.160. The molecule has 0 aliphatic heterocycles. The monoisotopic (exact) mass is 430 g/mol. The van der Waals surface area contributed by atoms with E-state index in [1.807, 2.05) is 34.9 Å². The maximum absolute atomic E-state index is 13.5. The number of aromatic nitrogens is 2. The second kappa shape index (κ2) is 8.93.